The zero-order chi connectivity index (χ0) is 12.6. The number of nitrogens with zero attached hydrogens (tertiary/aromatic N) is 1. The van der Waals surface area contributed by atoms with Crippen LogP contribution in [0.4, 0.5) is 0 Å². The summed E-state index contributed by atoms with van der Waals surface area (Å²) in [6.07, 6.45) is 1.82. The van der Waals surface area contributed by atoms with E-state index in [2.05, 4.69) is 0 Å². The van der Waals surface area contributed by atoms with Crippen LogP contribution in [0.15, 0.2) is 0 Å². The Hall–Kier alpha value is -0.420. The monoisotopic (exact) mass is 253 g/mol. The lowest BCUT2D eigenvalue weighted by Gasteiger charge is -2.14. The van der Waals surface area contributed by atoms with Crippen molar-refractivity contribution in [3.63, 3.8) is 0 Å². The predicted octanol–water partition coefficient (Wildman–Crippen LogP) is 1.62. The molecule has 0 aromatic carbocycles. The van der Waals surface area contributed by atoms with E-state index in [1.807, 2.05) is 6.92 Å². The maximum Gasteiger partial charge on any atom is 0.328 e. The first-order valence-electron chi connectivity index (χ1n) is 5.32. The molecular formula is C9H20NO5P. The number of hydroxylamine groups is 2. The van der Waals surface area contributed by atoms with E-state index < -0.39 is 13.5 Å². The summed E-state index contributed by atoms with van der Waals surface area (Å²) in [5, 5.41) is 9.53. The Morgan fingerprint density at radius 1 is 1.44 bits per heavy atom. The normalized spacial score (nSPS) is 14.5. The fourth-order valence-corrected chi connectivity index (χ4v) is 2.08. The molecule has 16 heavy (non-hydrogen) atoms. The molecule has 0 fully saturated rings. The van der Waals surface area contributed by atoms with Crippen LogP contribution in [0.5, 0.6) is 0 Å². The summed E-state index contributed by atoms with van der Waals surface area (Å²) in [6.45, 7) is 3.48. The van der Waals surface area contributed by atoms with Gasteiger partial charge in [-0.25, -0.2) is 5.06 Å². The van der Waals surface area contributed by atoms with Gasteiger partial charge in [0.05, 0.1) is 12.8 Å². The molecule has 0 saturated heterocycles. The number of carbonyl (C=O) groups excluding carboxylic acids is 1. The fraction of sp³-hybridized carbons (Fsp3) is 0.889. The van der Waals surface area contributed by atoms with E-state index >= 15 is 0 Å². The number of hydrogen-bond acceptors (Lipinski definition) is 4. The van der Waals surface area contributed by atoms with Gasteiger partial charge in [-0.1, -0.05) is 13.3 Å². The summed E-state index contributed by atoms with van der Waals surface area (Å²) in [5.74, 6) is -0.486. The molecule has 0 bridgehead atoms. The Bertz CT molecular complexity index is 258. The van der Waals surface area contributed by atoms with Gasteiger partial charge in [0.15, 0.2) is 0 Å². The molecule has 1 atom stereocenters. The first kappa shape index (κ1) is 15.6. The lowest BCUT2D eigenvalue weighted by molar-refractivity contribution is -0.162. The van der Waals surface area contributed by atoms with Gasteiger partial charge in [-0.15, -0.1) is 0 Å². The summed E-state index contributed by atoms with van der Waals surface area (Å²) in [5.41, 5.74) is 0. The summed E-state index contributed by atoms with van der Waals surface area (Å²) >= 11 is 0. The highest BCUT2D eigenvalue weighted by molar-refractivity contribution is 7.52. The number of amides is 1. The van der Waals surface area contributed by atoms with E-state index in [0.717, 1.165) is 12.8 Å². The smallest absolute Gasteiger partial charge is 0.324 e. The highest BCUT2D eigenvalue weighted by atomic mass is 31.2. The van der Waals surface area contributed by atoms with Gasteiger partial charge in [0, 0.05) is 13.5 Å². The maximum absolute atomic E-state index is 11.4. The summed E-state index contributed by atoms with van der Waals surface area (Å²) in [7, 11) is -3.56. The molecular weight excluding hydrogens is 233 g/mol. The van der Waals surface area contributed by atoms with Crippen LogP contribution in [0.1, 0.15) is 33.1 Å². The lowest BCUT2D eigenvalue weighted by Crippen LogP contribution is -2.26. The number of rotatable bonds is 8. The Balaban J connectivity index is 3.73. The largest absolute Gasteiger partial charge is 0.328 e. The number of carbonyl (C=O) groups is 1. The van der Waals surface area contributed by atoms with Gasteiger partial charge < -0.3 is 9.42 Å². The number of unbranched alkanes of at least 4 members (excludes halogenated alkanes) is 1. The molecule has 0 saturated carbocycles. The Morgan fingerprint density at radius 2 is 2.06 bits per heavy atom. The highest BCUT2D eigenvalue weighted by Crippen LogP contribution is 2.42. The van der Waals surface area contributed by atoms with Gasteiger partial charge >= 0.3 is 7.60 Å². The Morgan fingerprint density at radius 3 is 2.56 bits per heavy atom. The van der Waals surface area contributed by atoms with Crippen molar-refractivity contribution in [3.05, 3.63) is 0 Å². The molecule has 96 valence electrons. The summed E-state index contributed by atoms with van der Waals surface area (Å²) in [6, 6.07) is 0. The van der Waals surface area contributed by atoms with Crippen molar-refractivity contribution in [2.75, 3.05) is 19.3 Å². The van der Waals surface area contributed by atoms with Crippen molar-refractivity contribution < 1.29 is 24.0 Å². The fourth-order valence-electron chi connectivity index (χ4n) is 0.994. The molecule has 0 aromatic heterocycles. The first-order chi connectivity index (χ1) is 7.39. The van der Waals surface area contributed by atoms with E-state index in [1.165, 1.54) is 6.92 Å². The maximum atomic E-state index is 11.4. The van der Waals surface area contributed by atoms with Crippen LogP contribution in [-0.2, 0) is 13.9 Å². The van der Waals surface area contributed by atoms with Gasteiger partial charge in [0.25, 0.3) is 0 Å². The van der Waals surface area contributed by atoms with E-state index in [9.17, 15) is 14.3 Å². The third-order valence-corrected chi connectivity index (χ3v) is 3.43. The molecule has 7 heteroatoms. The van der Waals surface area contributed by atoms with Crippen molar-refractivity contribution in [1.82, 2.24) is 5.06 Å². The zero-order valence-corrected chi connectivity index (χ0v) is 10.7. The summed E-state index contributed by atoms with van der Waals surface area (Å²) < 4.78 is 16.2. The van der Waals surface area contributed by atoms with Gasteiger partial charge in [0.2, 0.25) is 5.91 Å². The molecule has 0 heterocycles. The van der Waals surface area contributed by atoms with E-state index in [0.29, 0.717) is 5.06 Å². The van der Waals surface area contributed by atoms with Gasteiger partial charge in [0.1, 0.15) is 0 Å². The first-order valence-corrected chi connectivity index (χ1v) is 7.08. The topological polar surface area (TPSA) is 87.1 Å². The predicted molar refractivity (Wildman–Crippen MR) is 59.3 cm³/mol. The minimum absolute atomic E-state index is 0.0387. The minimum Gasteiger partial charge on any atom is -0.324 e. The molecule has 0 aliphatic rings. The molecule has 0 rings (SSSR count). The molecule has 0 spiro atoms. The number of hydrogen-bond donors (Lipinski definition) is 2. The molecule has 1 unspecified atom stereocenters. The van der Waals surface area contributed by atoms with Crippen LogP contribution in [-0.4, -0.2) is 40.4 Å². The summed E-state index contributed by atoms with van der Waals surface area (Å²) in [4.78, 5) is 20.0. The standard InChI is InChI=1S/C9H20NO5P/c1-3-4-7-15-16(13,14)8-5-6-10(12)9(2)11/h12H,3-8H2,1-2H3,(H,13,14). The zero-order valence-electron chi connectivity index (χ0n) is 9.76. The van der Waals surface area contributed by atoms with Crippen LogP contribution in [0.3, 0.4) is 0 Å². The van der Waals surface area contributed by atoms with Crippen LogP contribution >= 0.6 is 7.60 Å². The van der Waals surface area contributed by atoms with Gasteiger partial charge in [-0.2, -0.15) is 0 Å². The van der Waals surface area contributed by atoms with E-state index in [1.54, 1.807) is 0 Å². The van der Waals surface area contributed by atoms with Gasteiger partial charge in [-0.3, -0.25) is 14.6 Å². The van der Waals surface area contributed by atoms with Crippen molar-refractivity contribution in [2.45, 2.75) is 33.1 Å². The van der Waals surface area contributed by atoms with Crippen LogP contribution in [0.25, 0.3) is 0 Å². The Kier molecular flexibility index (Phi) is 7.58. The molecule has 0 aliphatic carbocycles. The third kappa shape index (κ3) is 7.82. The second-order valence-electron chi connectivity index (χ2n) is 3.54. The van der Waals surface area contributed by atoms with E-state index in [-0.39, 0.29) is 25.7 Å². The SMILES string of the molecule is CCCCOP(=O)(O)CCCN(O)C(C)=O. The molecule has 0 radical (unpaired) electrons. The quantitative estimate of drug-likeness (QED) is 0.297. The van der Waals surface area contributed by atoms with Crippen LogP contribution in [0, 0.1) is 0 Å². The second kappa shape index (κ2) is 7.79. The van der Waals surface area contributed by atoms with Crippen molar-refractivity contribution in [2.24, 2.45) is 0 Å². The van der Waals surface area contributed by atoms with Crippen molar-refractivity contribution in [1.29, 1.82) is 0 Å². The molecule has 1 amide bonds. The Labute approximate surface area is 95.7 Å². The third-order valence-electron chi connectivity index (χ3n) is 1.96. The molecule has 0 aromatic rings. The van der Waals surface area contributed by atoms with E-state index in [4.69, 9.17) is 9.73 Å². The van der Waals surface area contributed by atoms with Crippen LogP contribution in [0.2, 0.25) is 0 Å². The average molecular weight is 253 g/mol. The lowest BCUT2D eigenvalue weighted by atomic mass is 10.4. The minimum atomic E-state index is -3.56. The molecule has 0 aliphatic heterocycles. The van der Waals surface area contributed by atoms with Crippen LogP contribution < -0.4 is 0 Å². The highest BCUT2D eigenvalue weighted by Gasteiger charge is 2.19. The molecule has 2 N–H and O–H groups in total. The van der Waals surface area contributed by atoms with Crippen molar-refractivity contribution in [3.8, 4) is 0 Å². The average Bonchev–Trinajstić information content (AvgIpc) is 2.17. The van der Waals surface area contributed by atoms with Crippen molar-refractivity contribution >= 4 is 13.5 Å². The second-order valence-corrected chi connectivity index (χ2v) is 5.52. The van der Waals surface area contributed by atoms with Gasteiger partial charge in [-0.05, 0) is 12.8 Å². The molecule has 6 nitrogen and oxygen atoms in total.